The predicted molar refractivity (Wildman–Crippen MR) is 129 cm³/mol. The van der Waals surface area contributed by atoms with Gasteiger partial charge in [0.25, 0.3) is 5.91 Å². The molecule has 31 heavy (non-hydrogen) atoms. The average Bonchev–Trinajstić information content (AvgIpc) is 3.37. The lowest BCUT2D eigenvalue weighted by atomic mass is 9.96. The van der Waals surface area contributed by atoms with E-state index in [9.17, 15) is 4.79 Å². The summed E-state index contributed by atoms with van der Waals surface area (Å²) in [5.74, 6) is 0.790. The van der Waals surface area contributed by atoms with Crippen LogP contribution in [0.3, 0.4) is 0 Å². The van der Waals surface area contributed by atoms with Crippen molar-refractivity contribution in [1.29, 1.82) is 0 Å². The average molecular weight is 496 g/mol. The fraction of sp³-hybridized carbons (Fsp3) is 0.167. The first-order valence-electron chi connectivity index (χ1n) is 9.83. The van der Waals surface area contributed by atoms with Gasteiger partial charge >= 0.3 is 0 Å². The lowest BCUT2D eigenvalue weighted by molar-refractivity contribution is 0.0997. The van der Waals surface area contributed by atoms with Gasteiger partial charge in [0.05, 0.1) is 12.3 Å². The fourth-order valence-electron chi connectivity index (χ4n) is 3.41. The molecule has 4 aromatic rings. The number of carbonyl (C=O) groups excluding carboxylic acids is 1. The summed E-state index contributed by atoms with van der Waals surface area (Å²) in [6, 6.07) is 17.2. The van der Waals surface area contributed by atoms with Crippen LogP contribution in [0.25, 0.3) is 0 Å². The number of halogens is 1. The van der Waals surface area contributed by atoms with Gasteiger partial charge in [0.1, 0.15) is 10.8 Å². The van der Waals surface area contributed by atoms with Crippen molar-refractivity contribution in [3.8, 4) is 0 Å². The number of aromatic nitrogens is 1. The first-order valence-corrected chi connectivity index (χ1v) is 11.4. The van der Waals surface area contributed by atoms with Crippen molar-refractivity contribution in [3.63, 3.8) is 0 Å². The smallest absolute Gasteiger partial charge is 0.291 e. The van der Waals surface area contributed by atoms with Gasteiger partial charge in [-0.25, -0.2) is 4.98 Å². The van der Waals surface area contributed by atoms with E-state index in [0.29, 0.717) is 0 Å². The third-order valence-electron chi connectivity index (χ3n) is 5.08. The van der Waals surface area contributed by atoms with Crippen LogP contribution in [-0.2, 0) is 0 Å². The van der Waals surface area contributed by atoms with Crippen molar-refractivity contribution < 1.29 is 9.21 Å². The Kier molecular flexibility index (Phi) is 6.25. The van der Waals surface area contributed by atoms with Gasteiger partial charge in [0.2, 0.25) is 0 Å². The van der Waals surface area contributed by atoms with E-state index in [1.165, 1.54) is 6.26 Å². The molecule has 158 valence electrons. The Morgan fingerprint density at radius 1 is 1.06 bits per heavy atom. The quantitative estimate of drug-likeness (QED) is 0.306. The monoisotopic (exact) mass is 495 g/mol. The maximum absolute atomic E-state index is 12.7. The number of furan rings is 1. The Morgan fingerprint density at radius 3 is 2.52 bits per heavy atom. The number of benzene rings is 1. The number of nitrogens with zero attached hydrogens (tertiary/aromatic N) is 1. The second kappa shape index (κ2) is 9.08. The summed E-state index contributed by atoms with van der Waals surface area (Å²) in [6.45, 7) is 6.12. The summed E-state index contributed by atoms with van der Waals surface area (Å²) in [7, 11) is 0. The van der Waals surface area contributed by atoms with Crippen molar-refractivity contribution in [2.75, 3.05) is 10.6 Å². The normalized spacial score (nSPS) is 11.9. The summed E-state index contributed by atoms with van der Waals surface area (Å²) < 4.78 is 6.28. The van der Waals surface area contributed by atoms with Crippen LogP contribution >= 0.6 is 27.3 Å². The number of nitrogens with one attached hydrogen (secondary N) is 2. The van der Waals surface area contributed by atoms with Crippen LogP contribution in [0.15, 0.2) is 69.8 Å². The Hall–Kier alpha value is -2.90. The molecule has 3 heterocycles. The van der Waals surface area contributed by atoms with Crippen LogP contribution in [0.1, 0.15) is 43.9 Å². The van der Waals surface area contributed by atoms with E-state index >= 15 is 0 Å². The Balaban J connectivity index is 1.78. The van der Waals surface area contributed by atoms with Crippen LogP contribution in [0.4, 0.5) is 10.8 Å². The summed E-state index contributed by atoms with van der Waals surface area (Å²) in [5.41, 5.74) is 4.16. The number of amides is 1. The molecule has 3 aromatic heterocycles. The molecule has 0 spiro atoms. The lowest BCUT2D eigenvalue weighted by Crippen LogP contribution is -2.17. The van der Waals surface area contributed by atoms with Crippen molar-refractivity contribution in [1.82, 2.24) is 4.98 Å². The van der Waals surface area contributed by atoms with E-state index in [2.05, 4.69) is 57.5 Å². The first-order chi connectivity index (χ1) is 14.9. The van der Waals surface area contributed by atoms with Gasteiger partial charge in [-0.3, -0.25) is 4.79 Å². The van der Waals surface area contributed by atoms with Crippen LogP contribution < -0.4 is 10.6 Å². The largest absolute Gasteiger partial charge is 0.459 e. The molecule has 0 bridgehead atoms. The second-order valence-electron chi connectivity index (χ2n) is 7.25. The van der Waals surface area contributed by atoms with Gasteiger partial charge in [-0.05, 0) is 68.3 Å². The predicted octanol–water partition coefficient (Wildman–Crippen LogP) is 6.88. The van der Waals surface area contributed by atoms with E-state index < -0.39 is 0 Å². The summed E-state index contributed by atoms with van der Waals surface area (Å²) in [6.07, 6.45) is 1.50. The molecule has 7 heteroatoms. The molecule has 0 aliphatic heterocycles. The third-order valence-corrected chi connectivity index (χ3v) is 6.74. The van der Waals surface area contributed by atoms with Crippen molar-refractivity contribution >= 4 is 44.0 Å². The number of anilines is 2. The Bertz CT molecular complexity index is 1200. The highest BCUT2D eigenvalue weighted by molar-refractivity contribution is 9.10. The van der Waals surface area contributed by atoms with Crippen molar-refractivity contribution in [3.05, 3.63) is 98.4 Å². The molecule has 0 radical (unpaired) electrons. The molecule has 0 fully saturated rings. The first kappa shape index (κ1) is 21.3. The molecule has 0 unspecified atom stereocenters. The molecule has 1 atom stereocenters. The Labute approximate surface area is 193 Å². The zero-order valence-corrected chi connectivity index (χ0v) is 19.8. The summed E-state index contributed by atoms with van der Waals surface area (Å²) >= 11 is 5.08. The highest BCUT2D eigenvalue weighted by atomic mass is 79.9. The maximum atomic E-state index is 12.7. The molecule has 0 aliphatic carbocycles. The van der Waals surface area contributed by atoms with Crippen LogP contribution in [-0.4, -0.2) is 10.9 Å². The molecule has 0 saturated heterocycles. The van der Waals surface area contributed by atoms with Crippen LogP contribution in [0, 0.1) is 20.8 Å². The number of aryl methyl sites for hydroxylation is 2. The minimum absolute atomic E-state index is 0.195. The molecular formula is C24H22BrN3O2S. The molecular weight excluding hydrogens is 474 g/mol. The van der Waals surface area contributed by atoms with E-state index in [-0.39, 0.29) is 17.7 Å². The number of hydrogen-bond donors (Lipinski definition) is 2. The topological polar surface area (TPSA) is 67.2 Å². The zero-order valence-electron chi connectivity index (χ0n) is 17.4. The molecule has 2 N–H and O–H groups in total. The third kappa shape index (κ3) is 4.73. The van der Waals surface area contributed by atoms with Crippen LogP contribution in [0.2, 0.25) is 0 Å². The van der Waals surface area contributed by atoms with Gasteiger partial charge in [0.15, 0.2) is 5.76 Å². The van der Waals surface area contributed by atoms with E-state index in [0.717, 1.165) is 42.6 Å². The van der Waals surface area contributed by atoms with Crippen molar-refractivity contribution in [2.45, 2.75) is 26.8 Å². The lowest BCUT2D eigenvalue weighted by Gasteiger charge is -2.22. The number of rotatable bonds is 6. The molecule has 0 saturated carbocycles. The minimum atomic E-state index is -0.268. The van der Waals surface area contributed by atoms with E-state index in [1.54, 1.807) is 23.5 Å². The van der Waals surface area contributed by atoms with Crippen LogP contribution in [0.5, 0.6) is 0 Å². The van der Waals surface area contributed by atoms with Gasteiger partial charge in [-0.2, -0.15) is 0 Å². The van der Waals surface area contributed by atoms with Gasteiger partial charge in [0, 0.05) is 20.6 Å². The molecule has 1 amide bonds. The number of pyridine rings is 1. The molecule has 0 aliphatic rings. The second-order valence-corrected chi connectivity index (χ2v) is 9.39. The standard InChI is InChI=1S/C24H22BrN3O2S/c1-14-6-4-8-20(26-14)27-22(17-9-11-18(25)12-10-17)21-15(2)16(3)31-24(21)28-23(29)19-7-5-13-30-19/h4-13,22H,1-3H3,(H,26,27)(H,28,29)/t22-/m1/s1. The molecule has 5 nitrogen and oxygen atoms in total. The summed E-state index contributed by atoms with van der Waals surface area (Å²) in [4.78, 5) is 18.5. The fourth-order valence-corrected chi connectivity index (χ4v) is 4.76. The van der Waals surface area contributed by atoms with Gasteiger partial charge in [-0.1, -0.05) is 34.1 Å². The highest BCUT2D eigenvalue weighted by Gasteiger charge is 2.25. The maximum Gasteiger partial charge on any atom is 0.291 e. The van der Waals surface area contributed by atoms with E-state index in [4.69, 9.17) is 4.42 Å². The SMILES string of the molecule is Cc1cccc(N[C@H](c2ccc(Br)cc2)c2c(NC(=O)c3ccco3)sc(C)c2C)n1. The van der Waals surface area contributed by atoms with E-state index in [1.807, 2.05) is 37.3 Å². The number of hydrogen-bond acceptors (Lipinski definition) is 5. The zero-order chi connectivity index (χ0) is 22.0. The van der Waals surface area contributed by atoms with Crippen molar-refractivity contribution in [2.24, 2.45) is 0 Å². The summed E-state index contributed by atoms with van der Waals surface area (Å²) in [5, 5.41) is 7.43. The number of carbonyl (C=O) groups is 1. The molecule has 1 aromatic carbocycles. The number of thiophene rings is 1. The van der Waals surface area contributed by atoms with Gasteiger partial charge in [-0.15, -0.1) is 11.3 Å². The Morgan fingerprint density at radius 2 is 1.84 bits per heavy atom. The highest BCUT2D eigenvalue weighted by Crippen LogP contribution is 2.41. The van der Waals surface area contributed by atoms with Gasteiger partial charge < -0.3 is 15.1 Å². The molecule has 4 rings (SSSR count). The minimum Gasteiger partial charge on any atom is -0.459 e.